The first-order chi connectivity index (χ1) is 14.7. The van der Waals surface area contributed by atoms with Gasteiger partial charge in [0, 0.05) is 31.8 Å². The van der Waals surface area contributed by atoms with Crippen molar-refractivity contribution in [2.75, 3.05) is 14.2 Å². The number of esters is 1. The Morgan fingerprint density at radius 2 is 1.42 bits per heavy atom. The maximum absolute atomic E-state index is 13.1. The summed E-state index contributed by atoms with van der Waals surface area (Å²) in [5.41, 5.74) is 2.95. The lowest BCUT2D eigenvalue weighted by Crippen LogP contribution is -2.32. The van der Waals surface area contributed by atoms with Gasteiger partial charge in [0.15, 0.2) is 12.3 Å². The molecule has 5 nitrogen and oxygen atoms in total. The number of hydrogen-bond acceptors (Lipinski definition) is 5. The summed E-state index contributed by atoms with van der Waals surface area (Å²) in [5.74, 6) is -0.365. The average Bonchev–Trinajstić information content (AvgIpc) is 2.74. The monoisotopic (exact) mass is 423 g/mol. The van der Waals surface area contributed by atoms with Gasteiger partial charge in [-0.15, -0.1) is 0 Å². The summed E-state index contributed by atoms with van der Waals surface area (Å²) < 4.78 is 16.2. The van der Waals surface area contributed by atoms with Gasteiger partial charge in [-0.1, -0.05) is 66.2 Å². The molecule has 0 unspecified atom stereocenters. The quantitative estimate of drug-likeness (QED) is 0.241. The van der Waals surface area contributed by atoms with Gasteiger partial charge in [0.1, 0.15) is 5.60 Å². The number of nitrogens with zero attached hydrogens (tertiary/aromatic N) is 1. The number of ether oxygens (including phenoxy) is 3. The minimum atomic E-state index is -0.708. The van der Waals surface area contributed by atoms with Gasteiger partial charge in [0.25, 0.3) is 0 Å². The summed E-state index contributed by atoms with van der Waals surface area (Å²) in [6, 6.07) is 19.0. The van der Waals surface area contributed by atoms with Gasteiger partial charge in [-0.3, -0.25) is 4.99 Å². The first kappa shape index (κ1) is 24.5. The van der Waals surface area contributed by atoms with Gasteiger partial charge in [0.05, 0.1) is 5.71 Å². The highest BCUT2D eigenvalue weighted by Crippen LogP contribution is 2.19. The molecule has 2 aromatic rings. The van der Waals surface area contributed by atoms with Crippen molar-refractivity contribution < 1.29 is 19.0 Å². The van der Waals surface area contributed by atoms with Crippen molar-refractivity contribution in [2.24, 2.45) is 4.99 Å². The molecule has 5 heteroatoms. The highest BCUT2D eigenvalue weighted by molar-refractivity contribution is 6.13. The number of rotatable bonds is 9. The van der Waals surface area contributed by atoms with E-state index in [9.17, 15) is 4.79 Å². The average molecular weight is 424 g/mol. The maximum Gasteiger partial charge on any atom is 0.331 e. The van der Waals surface area contributed by atoms with E-state index in [2.05, 4.69) is 0 Å². The zero-order valence-electron chi connectivity index (χ0n) is 19.3. The number of benzene rings is 2. The van der Waals surface area contributed by atoms with E-state index < -0.39 is 17.9 Å². The molecule has 0 fully saturated rings. The molecule has 0 spiro atoms. The first-order valence-electron chi connectivity index (χ1n) is 10.4. The minimum absolute atomic E-state index is 0.365. The second kappa shape index (κ2) is 11.6. The van der Waals surface area contributed by atoms with E-state index in [1.807, 2.05) is 94.4 Å². The van der Waals surface area contributed by atoms with Crippen molar-refractivity contribution in [1.29, 1.82) is 0 Å². The molecule has 0 aromatic heterocycles. The van der Waals surface area contributed by atoms with Crippen molar-refractivity contribution in [3.05, 3.63) is 83.4 Å². The van der Waals surface area contributed by atoms with Crippen LogP contribution < -0.4 is 0 Å². The Labute approximate surface area is 185 Å². The third-order valence-electron chi connectivity index (χ3n) is 4.46. The van der Waals surface area contributed by atoms with Crippen molar-refractivity contribution in [3.8, 4) is 0 Å². The van der Waals surface area contributed by atoms with E-state index in [1.165, 1.54) is 0 Å². The zero-order valence-corrected chi connectivity index (χ0v) is 19.3. The number of carbonyl (C=O) groups is 1. The van der Waals surface area contributed by atoms with Crippen molar-refractivity contribution in [1.82, 2.24) is 0 Å². The molecular formula is C26H33NO4. The van der Waals surface area contributed by atoms with Gasteiger partial charge in [-0.2, -0.15) is 0 Å². The molecule has 0 radical (unpaired) electrons. The van der Waals surface area contributed by atoms with Crippen LogP contribution in [0, 0.1) is 0 Å². The van der Waals surface area contributed by atoms with Gasteiger partial charge >= 0.3 is 5.97 Å². The van der Waals surface area contributed by atoms with Crippen LogP contribution in [0.4, 0.5) is 0 Å². The Morgan fingerprint density at radius 3 is 1.84 bits per heavy atom. The van der Waals surface area contributed by atoms with Crippen molar-refractivity contribution in [2.45, 2.75) is 52.0 Å². The van der Waals surface area contributed by atoms with Gasteiger partial charge in [-0.25, -0.2) is 4.79 Å². The lowest BCUT2D eigenvalue weighted by molar-refractivity contribution is -0.156. The normalized spacial score (nSPS) is 13.1. The Kier molecular flexibility index (Phi) is 9.16. The second-order valence-corrected chi connectivity index (χ2v) is 8.32. The fraction of sp³-hybridized carbons (Fsp3) is 0.385. The number of methoxy groups -OCH3 is 2. The van der Waals surface area contributed by atoms with Crippen molar-refractivity contribution in [3.63, 3.8) is 0 Å². The van der Waals surface area contributed by atoms with E-state index in [0.29, 0.717) is 6.42 Å². The van der Waals surface area contributed by atoms with Crippen LogP contribution in [0.25, 0.3) is 0 Å². The van der Waals surface area contributed by atoms with Gasteiger partial charge < -0.3 is 14.2 Å². The number of hydrogen-bond donors (Lipinski definition) is 0. The molecule has 166 valence electrons. The molecule has 31 heavy (non-hydrogen) atoms. The van der Waals surface area contributed by atoms with Crippen LogP contribution in [0.1, 0.15) is 45.2 Å². The zero-order chi connectivity index (χ0) is 22.9. The molecule has 0 N–H and O–H groups in total. The predicted octanol–water partition coefficient (Wildman–Crippen LogP) is 5.19. The molecule has 0 bridgehead atoms. The molecule has 2 rings (SSSR count). The summed E-state index contributed by atoms with van der Waals surface area (Å²) in [6.45, 7) is 7.50. The molecule has 0 aliphatic carbocycles. The Morgan fingerprint density at radius 1 is 0.935 bits per heavy atom. The lowest BCUT2D eigenvalue weighted by atomic mass is 10.0. The standard InChI is InChI=1S/C26H33NO4/c1-19(18-23(29-5)30-6)17-22(25(28)31-26(2,3)4)27-24(20-13-9-7-10-14-20)21-15-11-8-12-16-21/h7-16,18,22-23H,17H2,1-6H3/b19-18-/t22-/m1/s1. The largest absolute Gasteiger partial charge is 0.458 e. The van der Waals surface area contributed by atoms with E-state index in [4.69, 9.17) is 19.2 Å². The van der Waals surface area contributed by atoms with Crippen LogP contribution in [-0.2, 0) is 19.0 Å². The molecule has 1 atom stereocenters. The summed E-state index contributed by atoms with van der Waals surface area (Å²) in [7, 11) is 3.15. The topological polar surface area (TPSA) is 57.1 Å². The highest BCUT2D eigenvalue weighted by atomic mass is 16.7. The molecule has 0 amide bonds. The molecular weight excluding hydrogens is 390 g/mol. The van der Waals surface area contributed by atoms with Crippen LogP contribution in [-0.4, -0.2) is 43.8 Å². The molecule has 0 heterocycles. The SMILES string of the molecule is COC(/C=C(/C)C[C@@H](N=C(c1ccccc1)c1ccccc1)C(=O)OC(C)(C)C)OC. The van der Waals surface area contributed by atoms with Gasteiger partial charge in [-0.05, 0) is 33.8 Å². The van der Waals surface area contributed by atoms with E-state index in [1.54, 1.807) is 14.2 Å². The number of aliphatic imine (C=N–C) groups is 1. The molecule has 0 aliphatic heterocycles. The second-order valence-electron chi connectivity index (χ2n) is 8.32. The summed E-state index contributed by atoms with van der Waals surface area (Å²) >= 11 is 0. The van der Waals surface area contributed by atoms with Crippen LogP contribution >= 0.6 is 0 Å². The third kappa shape index (κ3) is 8.12. The smallest absolute Gasteiger partial charge is 0.331 e. The summed E-state index contributed by atoms with van der Waals surface area (Å²) in [4.78, 5) is 18.0. The molecule has 0 saturated heterocycles. The van der Waals surface area contributed by atoms with Crippen molar-refractivity contribution >= 4 is 11.7 Å². The molecule has 2 aromatic carbocycles. The van der Waals surface area contributed by atoms with E-state index in [-0.39, 0.29) is 5.97 Å². The Balaban J connectivity index is 2.50. The lowest BCUT2D eigenvalue weighted by Gasteiger charge is -2.23. The van der Waals surface area contributed by atoms with Crippen LogP contribution in [0.15, 0.2) is 77.3 Å². The first-order valence-corrected chi connectivity index (χ1v) is 10.4. The Bertz CT molecular complexity index is 837. The van der Waals surface area contributed by atoms with Gasteiger partial charge in [0.2, 0.25) is 0 Å². The Hall–Kier alpha value is -2.76. The van der Waals surface area contributed by atoms with E-state index in [0.717, 1.165) is 22.4 Å². The molecule has 0 aliphatic rings. The summed E-state index contributed by atoms with van der Waals surface area (Å²) in [6.07, 6.45) is 1.75. The third-order valence-corrected chi connectivity index (χ3v) is 4.46. The maximum atomic E-state index is 13.1. The minimum Gasteiger partial charge on any atom is -0.458 e. The fourth-order valence-electron chi connectivity index (χ4n) is 3.05. The predicted molar refractivity (Wildman–Crippen MR) is 124 cm³/mol. The fourth-order valence-corrected chi connectivity index (χ4v) is 3.05. The molecule has 0 saturated carbocycles. The highest BCUT2D eigenvalue weighted by Gasteiger charge is 2.26. The number of carbonyl (C=O) groups excluding carboxylic acids is 1. The van der Waals surface area contributed by atoms with Crippen LogP contribution in [0.3, 0.4) is 0 Å². The van der Waals surface area contributed by atoms with Crippen LogP contribution in [0.2, 0.25) is 0 Å². The van der Waals surface area contributed by atoms with Crippen LogP contribution in [0.5, 0.6) is 0 Å². The van der Waals surface area contributed by atoms with E-state index >= 15 is 0 Å². The summed E-state index contributed by atoms with van der Waals surface area (Å²) in [5, 5.41) is 0.